The second kappa shape index (κ2) is 2.80. The van der Waals surface area contributed by atoms with E-state index in [9.17, 15) is 0 Å². The number of epoxide rings is 1. The van der Waals surface area contributed by atoms with E-state index in [1.54, 1.807) is 6.21 Å². The van der Waals surface area contributed by atoms with Gasteiger partial charge in [0.2, 0.25) is 0 Å². The third-order valence-corrected chi connectivity index (χ3v) is 1.11. The van der Waals surface area contributed by atoms with Crippen LogP contribution in [-0.2, 0) is 4.74 Å². The molecule has 2 N–H and O–H groups in total. The van der Waals surface area contributed by atoms with Crippen LogP contribution in [0.1, 0.15) is 6.92 Å². The Morgan fingerprint density at radius 3 is 2.78 bits per heavy atom. The second-order valence-corrected chi connectivity index (χ2v) is 1.78. The first kappa shape index (κ1) is 6.51. The summed E-state index contributed by atoms with van der Waals surface area (Å²) in [5.41, 5.74) is 2.79. The monoisotopic (exact) mass is 129 g/mol. The summed E-state index contributed by atoms with van der Waals surface area (Å²) in [6.45, 7) is 1.85. The van der Waals surface area contributed by atoms with Crippen LogP contribution in [0.25, 0.3) is 0 Å². The van der Waals surface area contributed by atoms with Gasteiger partial charge in [0.1, 0.15) is 0 Å². The summed E-state index contributed by atoms with van der Waals surface area (Å²) in [7, 11) is 1.85. The molecule has 1 heterocycles. The van der Waals surface area contributed by atoms with Crippen LogP contribution in [0.3, 0.4) is 0 Å². The van der Waals surface area contributed by atoms with Crippen LogP contribution in [0.5, 0.6) is 0 Å². The Kier molecular flexibility index (Phi) is 2.02. The van der Waals surface area contributed by atoms with E-state index in [1.807, 2.05) is 14.0 Å². The van der Waals surface area contributed by atoms with Crippen LogP contribution in [0.4, 0.5) is 0 Å². The molecule has 4 heteroatoms. The molecule has 1 rings (SSSR count). The van der Waals surface area contributed by atoms with Gasteiger partial charge in [-0.3, -0.25) is 10.7 Å². The van der Waals surface area contributed by atoms with E-state index < -0.39 is 0 Å². The molecule has 1 aliphatic heterocycles. The highest BCUT2D eigenvalue weighted by Gasteiger charge is 2.37. The first-order chi connectivity index (χ1) is 4.38. The number of hydrogen-bond donors (Lipinski definition) is 2. The topological polar surface area (TPSA) is 49.0 Å². The molecule has 4 nitrogen and oxygen atoms in total. The van der Waals surface area contributed by atoms with Gasteiger partial charge in [-0.15, -0.1) is 0 Å². The smallest absolute Gasteiger partial charge is 0.184 e. The maximum atomic E-state index is 5.03. The molecule has 1 aliphatic rings. The van der Waals surface area contributed by atoms with Crippen LogP contribution in [0.15, 0.2) is 5.10 Å². The molecule has 0 aromatic carbocycles. The lowest BCUT2D eigenvalue weighted by molar-refractivity contribution is 0.336. The third-order valence-electron chi connectivity index (χ3n) is 1.11. The predicted molar refractivity (Wildman–Crippen MR) is 35.0 cm³/mol. The zero-order valence-corrected chi connectivity index (χ0v) is 5.59. The van der Waals surface area contributed by atoms with Gasteiger partial charge in [-0.1, -0.05) is 0 Å². The van der Waals surface area contributed by atoms with Crippen molar-refractivity contribution in [2.75, 3.05) is 7.05 Å². The molecule has 9 heavy (non-hydrogen) atoms. The largest absolute Gasteiger partial charge is 0.330 e. The highest BCUT2D eigenvalue weighted by atomic mass is 16.6. The Labute approximate surface area is 54.3 Å². The van der Waals surface area contributed by atoms with Crippen molar-refractivity contribution in [2.24, 2.45) is 5.10 Å². The lowest BCUT2D eigenvalue weighted by Crippen LogP contribution is -2.20. The van der Waals surface area contributed by atoms with E-state index in [0.29, 0.717) is 0 Å². The van der Waals surface area contributed by atoms with Crippen molar-refractivity contribution in [3.63, 3.8) is 0 Å². The Bertz CT molecular complexity index is 115. The molecule has 0 bridgehead atoms. The van der Waals surface area contributed by atoms with E-state index in [-0.39, 0.29) is 12.5 Å². The van der Waals surface area contributed by atoms with Crippen LogP contribution < -0.4 is 10.7 Å². The van der Waals surface area contributed by atoms with Crippen molar-refractivity contribution in [1.82, 2.24) is 10.7 Å². The highest BCUT2D eigenvalue weighted by Crippen LogP contribution is 2.14. The Hall–Kier alpha value is -0.610. The fraction of sp³-hybridized carbons (Fsp3) is 0.800. The molecule has 1 fully saturated rings. The molecule has 2 atom stereocenters. The van der Waals surface area contributed by atoms with Gasteiger partial charge in [0.15, 0.2) is 12.5 Å². The number of hydrogen-bond acceptors (Lipinski definition) is 4. The van der Waals surface area contributed by atoms with Crippen LogP contribution in [0.2, 0.25) is 0 Å². The quantitative estimate of drug-likeness (QED) is 0.306. The maximum absolute atomic E-state index is 5.03. The number of nitrogens with one attached hydrogen (secondary N) is 2. The van der Waals surface area contributed by atoms with Crippen LogP contribution in [0, 0.1) is 0 Å². The molecule has 0 aromatic heterocycles. The average molecular weight is 129 g/mol. The minimum absolute atomic E-state index is 0.0752. The van der Waals surface area contributed by atoms with Gasteiger partial charge in [0.05, 0.1) is 0 Å². The zero-order valence-electron chi connectivity index (χ0n) is 5.59. The minimum Gasteiger partial charge on any atom is -0.330 e. The van der Waals surface area contributed by atoms with E-state index in [1.165, 1.54) is 0 Å². The Morgan fingerprint density at radius 1 is 1.56 bits per heavy atom. The van der Waals surface area contributed by atoms with Crippen molar-refractivity contribution >= 4 is 6.21 Å². The molecule has 0 aromatic rings. The van der Waals surface area contributed by atoms with Gasteiger partial charge in [0.25, 0.3) is 0 Å². The van der Waals surface area contributed by atoms with E-state index in [2.05, 4.69) is 15.8 Å². The third kappa shape index (κ3) is 1.65. The summed E-state index contributed by atoms with van der Waals surface area (Å²) in [5, 5.41) is 6.73. The molecular formula is C5H11N3O. The molecular weight excluding hydrogens is 118 g/mol. The standard InChI is InChI=1S/C5H11N3O/c1-3-7-8-5-4(6-2)9-5/h3-6,8H,1-2H3/b7-3-. The molecule has 52 valence electrons. The molecule has 2 unspecified atom stereocenters. The fourth-order valence-corrected chi connectivity index (χ4v) is 0.578. The zero-order chi connectivity index (χ0) is 6.69. The van der Waals surface area contributed by atoms with Crippen LogP contribution >= 0.6 is 0 Å². The molecule has 0 spiro atoms. The van der Waals surface area contributed by atoms with E-state index in [0.717, 1.165) is 0 Å². The van der Waals surface area contributed by atoms with Crippen molar-refractivity contribution in [1.29, 1.82) is 0 Å². The summed E-state index contributed by atoms with van der Waals surface area (Å²) in [6, 6.07) is 0. The average Bonchev–Trinajstić information content (AvgIpc) is 2.62. The van der Waals surface area contributed by atoms with Crippen LogP contribution in [-0.4, -0.2) is 25.7 Å². The molecule has 0 saturated carbocycles. The molecule has 0 amide bonds. The number of hydrazone groups is 1. The first-order valence-electron chi connectivity index (χ1n) is 2.94. The van der Waals surface area contributed by atoms with Gasteiger partial charge >= 0.3 is 0 Å². The number of nitrogens with zero attached hydrogens (tertiary/aromatic N) is 1. The van der Waals surface area contributed by atoms with Gasteiger partial charge < -0.3 is 4.74 Å². The summed E-state index contributed by atoms with van der Waals surface area (Å²) < 4.78 is 5.03. The predicted octanol–water partition coefficient (Wildman–Crippen LogP) is -0.516. The number of rotatable bonds is 3. The van der Waals surface area contributed by atoms with Crippen molar-refractivity contribution in [3.05, 3.63) is 0 Å². The van der Waals surface area contributed by atoms with Crippen molar-refractivity contribution in [3.8, 4) is 0 Å². The van der Waals surface area contributed by atoms with E-state index >= 15 is 0 Å². The summed E-state index contributed by atoms with van der Waals surface area (Å²) in [5.74, 6) is 0. The molecule has 0 aliphatic carbocycles. The number of ether oxygens (including phenoxy) is 1. The first-order valence-corrected chi connectivity index (χ1v) is 2.94. The van der Waals surface area contributed by atoms with Crippen molar-refractivity contribution < 1.29 is 4.74 Å². The van der Waals surface area contributed by atoms with E-state index in [4.69, 9.17) is 4.74 Å². The Morgan fingerprint density at radius 2 is 2.33 bits per heavy atom. The fourth-order valence-electron chi connectivity index (χ4n) is 0.578. The minimum atomic E-state index is 0.0752. The van der Waals surface area contributed by atoms with Gasteiger partial charge in [-0.05, 0) is 14.0 Å². The lowest BCUT2D eigenvalue weighted by atomic mass is 10.7. The summed E-state index contributed by atoms with van der Waals surface area (Å²) in [6.07, 6.45) is 1.91. The van der Waals surface area contributed by atoms with Gasteiger partial charge in [-0.25, -0.2) is 0 Å². The highest BCUT2D eigenvalue weighted by molar-refractivity contribution is 5.52. The molecule has 1 saturated heterocycles. The summed E-state index contributed by atoms with van der Waals surface area (Å²) in [4.78, 5) is 0. The Balaban J connectivity index is 2.05. The lowest BCUT2D eigenvalue weighted by Gasteiger charge is -1.89. The SMILES string of the molecule is C/C=N\NC1OC1NC. The second-order valence-electron chi connectivity index (χ2n) is 1.78. The normalized spacial score (nSPS) is 33.1. The summed E-state index contributed by atoms with van der Waals surface area (Å²) >= 11 is 0. The van der Waals surface area contributed by atoms with Gasteiger partial charge in [-0.2, -0.15) is 5.10 Å². The maximum Gasteiger partial charge on any atom is 0.184 e. The van der Waals surface area contributed by atoms with Crippen molar-refractivity contribution in [2.45, 2.75) is 19.4 Å². The number of likely N-dealkylation sites (N-methyl/N-ethyl adjacent to an activating group) is 1. The van der Waals surface area contributed by atoms with Gasteiger partial charge in [0, 0.05) is 6.21 Å². The molecule has 0 radical (unpaired) electrons.